The number of aromatic nitrogens is 1. The van der Waals surface area contributed by atoms with Crippen LogP contribution in [0, 0.1) is 25.7 Å². The van der Waals surface area contributed by atoms with E-state index in [0.717, 1.165) is 10.6 Å². The molecule has 2 aromatic rings. The van der Waals surface area contributed by atoms with E-state index in [4.69, 9.17) is 21.1 Å². The van der Waals surface area contributed by atoms with E-state index < -0.39 is 30.7 Å². The average Bonchev–Trinajstić information content (AvgIpc) is 3.28. The molecule has 3 aliphatic rings. The van der Waals surface area contributed by atoms with Crippen LogP contribution >= 0.6 is 23.4 Å². The summed E-state index contributed by atoms with van der Waals surface area (Å²) in [5, 5.41) is 4.30. The van der Waals surface area contributed by atoms with Crippen molar-refractivity contribution in [1.29, 1.82) is 0 Å². The van der Waals surface area contributed by atoms with Crippen LogP contribution in [0.15, 0.2) is 21.8 Å². The van der Waals surface area contributed by atoms with Crippen molar-refractivity contribution in [3.05, 3.63) is 49.9 Å². The molecule has 222 valence electrons. The van der Waals surface area contributed by atoms with Crippen molar-refractivity contribution in [2.75, 3.05) is 19.3 Å². The molecule has 41 heavy (non-hydrogen) atoms. The second-order valence-corrected chi connectivity index (χ2v) is 12.4. The van der Waals surface area contributed by atoms with Crippen molar-refractivity contribution < 1.29 is 27.8 Å². The van der Waals surface area contributed by atoms with E-state index in [2.05, 4.69) is 15.7 Å². The maximum absolute atomic E-state index is 13.2. The molecule has 13 heteroatoms. The van der Waals surface area contributed by atoms with Gasteiger partial charge in [-0.25, -0.2) is 13.8 Å². The molecule has 3 N–H and O–H groups in total. The van der Waals surface area contributed by atoms with E-state index >= 15 is 0 Å². The normalized spacial score (nSPS) is 25.0. The summed E-state index contributed by atoms with van der Waals surface area (Å²) in [4.78, 5) is 41.8. The minimum Gasteiger partial charge on any atom is -0.448 e. The van der Waals surface area contributed by atoms with Crippen molar-refractivity contribution in [2.45, 2.75) is 69.6 Å². The zero-order valence-corrected chi connectivity index (χ0v) is 24.9. The van der Waals surface area contributed by atoms with Gasteiger partial charge in [-0.1, -0.05) is 11.6 Å². The van der Waals surface area contributed by atoms with Gasteiger partial charge in [-0.3, -0.25) is 19.8 Å². The molecule has 3 heterocycles. The number of H-pyrrole nitrogens is 1. The number of amides is 2. The monoisotopic (exact) mass is 610 g/mol. The van der Waals surface area contributed by atoms with Crippen molar-refractivity contribution in [3.63, 3.8) is 0 Å². The molecule has 2 amide bonds. The van der Waals surface area contributed by atoms with Crippen LogP contribution < -0.4 is 25.8 Å². The second kappa shape index (κ2) is 11.1. The van der Waals surface area contributed by atoms with Gasteiger partial charge in [0.25, 0.3) is 23.2 Å². The SMILES string of the molecule is CSc1cc(C)[nH]c(=O)c1CNC(=O)c1cc(Cl)c2c(c1C)O[C@@](C)(C1CCC(C(=O)NN3CC(F)(F)C3)CC1)O2. The van der Waals surface area contributed by atoms with Gasteiger partial charge in [-0.05, 0) is 57.9 Å². The Morgan fingerprint density at radius 1 is 1.15 bits per heavy atom. The van der Waals surface area contributed by atoms with Crippen LogP contribution in [0.4, 0.5) is 8.78 Å². The third-order valence-electron chi connectivity index (χ3n) is 8.12. The summed E-state index contributed by atoms with van der Waals surface area (Å²) in [5.41, 5.74) is 4.43. The fraction of sp³-hybridized carbons (Fsp3) is 0.536. The molecule has 1 aliphatic carbocycles. The van der Waals surface area contributed by atoms with E-state index in [-0.39, 0.29) is 34.9 Å². The number of rotatable bonds is 7. The highest BCUT2D eigenvalue weighted by molar-refractivity contribution is 7.98. The van der Waals surface area contributed by atoms with Gasteiger partial charge in [0.1, 0.15) is 0 Å². The van der Waals surface area contributed by atoms with Gasteiger partial charge >= 0.3 is 0 Å². The van der Waals surface area contributed by atoms with Gasteiger partial charge in [0.05, 0.1) is 18.1 Å². The Kier molecular flexibility index (Phi) is 8.03. The number of nitrogens with one attached hydrogen (secondary N) is 3. The molecule has 0 spiro atoms. The maximum atomic E-state index is 13.2. The Labute approximate surface area is 245 Å². The second-order valence-electron chi connectivity index (χ2n) is 11.2. The maximum Gasteiger partial charge on any atom is 0.276 e. The number of carbonyl (C=O) groups excluding carboxylic acids is 2. The van der Waals surface area contributed by atoms with Gasteiger partial charge in [-0.15, -0.1) is 11.8 Å². The number of hydrogen-bond donors (Lipinski definition) is 3. The fourth-order valence-corrected chi connectivity index (χ4v) is 6.71. The summed E-state index contributed by atoms with van der Waals surface area (Å²) in [6.07, 6.45) is 4.26. The van der Waals surface area contributed by atoms with Crippen molar-refractivity contribution >= 4 is 35.2 Å². The molecule has 0 bridgehead atoms. The first kappa shape index (κ1) is 29.7. The van der Waals surface area contributed by atoms with Gasteiger partial charge in [0, 0.05) is 52.6 Å². The van der Waals surface area contributed by atoms with Crippen LogP contribution in [0.2, 0.25) is 5.02 Å². The number of hydrazine groups is 1. The van der Waals surface area contributed by atoms with Crippen molar-refractivity contribution in [2.24, 2.45) is 11.8 Å². The van der Waals surface area contributed by atoms with Crippen molar-refractivity contribution in [1.82, 2.24) is 20.7 Å². The summed E-state index contributed by atoms with van der Waals surface area (Å²) in [5.74, 6) is -4.02. The quantitative estimate of drug-likeness (QED) is 0.394. The van der Waals surface area contributed by atoms with Crippen LogP contribution in [-0.2, 0) is 11.3 Å². The summed E-state index contributed by atoms with van der Waals surface area (Å²) in [6, 6.07) is 3.40. The number of alkyl halides is 2. The minimum absolute atomic E-state index is 0.0465. The molecular weight excluding hydrogens is 578 g/mol. The largest absolute Gasteiger partial charge is 0.448 e. The molecule has 1 aromatic heterocycles. The third-order valence-corrected chi connectivity index (χ3v) is 9.21. The number of thioether (sulfide) groups is 1. The molecule has 1 aromatic carbocycles. The summed E-state index contributed by atoms with van der Waals surface area (Å²) < 4.78 is 38.8. The highest BCUT2D eigenvalue weighted by Gasteiger charge is 2.49. The molecule has 2 aliphatic heterocycles. The summed E-state index contributed by atoms with van der Waals surface area (Å²) in [6.45, 7) is 4.50. The zero-order valence-electron chi connectivity index (χ0n) is 23.3. The lowest BCUT2D eigenvalue weighted by Crippen LogP contribution is -2.63. The topological polar surface area (TPSA) is 113 Å². The molecular formula is C28H33ClF2N4O5S. The van der Waals surface area contributed by atoms with Gasteiger partial charge in [-0.2, -0.15) is 0 Å². The van der Waals surface area contributed by atoms with Crippen LogP contribution in [-0.4, -0.2) is 52.9 Å². The first-order valence-corrected chi connectivity index (χ1v) is 15.1. The van der Waals surface area contributed by atoms with Crippen molar-refractivity contribution in [3.8, 4) is 11.5 Å². The predicted molar refractivity (Wildman–Crippen MR) is 151 cm³/mol. The predicted octanol–water partition coefficient (Wildman–Crippen LogP) is 4.57. The van der Waals surface area contributed by atoms with E-state index in [9.17, 15) is 23.2 Å². The number of aromatic amines is 1. The molecule has 5 rings (SSSR count). The lowest BCUT2D eigenvalue weighted by molar-refractivity contribution is -0.166. The lowest BCUT2D eigenvalue weighted by atomic mass is 9.78. The molecule has 9 nitrogen and oxygen atoms in total. The van der Waals surface area contributed by atoms with E-state index in [1.165, 1.54) is 22.8 Å². The van der Waals surface area contributed by atoms with E-state index in [1.54, 1.807) is 13.8 Å². The standard InChI is InChI=1S/C28H33ClF2N4O5S/c1-14-9-21(41-4)19(26(38)33-14)11-32-25(37)18-10-20(29)23-22(15(18)2)39-27(3,40-23)17-7-5-16(6-8-17)24(36)34-35-12-28(30,31)13-35/h9-10,16-17H,5-8,11-13H2,1-4H3,(H,32,37)(H,33,38)(H,34,36)/t16?,17?,27-/m1/s1. The number of pyridine rings is 1. The number of nitrogens with zero attached hydrogens (tertiary/aromatic N) is 1. The average molecular weight is 611 g/mol. The van der Waals surface area contributed by atoms with Crippen LogP contribution in [0.5, 0.6) is 11.5 Å². The molecule has 2 fully saturated rings. The highest BCUT2D eigenvalue weighted by atomic mass is 35.5. The summed E-state index contributed by atoms with van der Waals surface area (Å²) >= 11 is 8.00. The van der Waals surface area contributed by atoms with Crippen LogP contribution in [0.25, 0.3) is 0 Å². The first-order valence-electron chi connectivity index (χ1n) is 13.5. The number of carbonyl (C=O) groups is 2. The Morgan fingerprint density at radius 3 is 2.44 bits per heavy atom. The molecule has 1 saturated carbocycles. The Morgan fingerprint density at radius 2 is 1.80 bits per heavy atom. The Hall–Kier alpha value is -2.83. The number of hydrogen-bond acceptors (Lipinski definition) is 7. The zero-order chi connectivity index (χ0) is 29.7. The summed E-state index contributed by atoms with van der Waals surface area (Å²) in [7, 11) is 0. The first-order chi connectivity index (χ1) is 19.3. The number of halogens is 3. The van der Waals surface area contributed by atoms with Gasteiger partial charge < -0.3 is 19.8 Å². The minimum atomic E-state index is -2.75. The van der Waals surface area contributed by atoms with Gasteiger partial charge in [0.15, 0.2) is 11.5 Å². The number of fused-ring (bicyclic) bond motifs is 1. The molecule has 1 atom stereocenters. The van der Waals surface area contributed by atoms with Crippen LogP contribution in [0.3, 0.4) is 0 Å². The molecule has 0 radical (unpaired) electrons. The lowest BCUT2D eigenvalue weighted by Gasteiger charge is -2.40. The molecule has 0 unspecified atom stereocenters. The highest BCUT2D eigenvalue weighted by Crippen LogP contribution is 2.52. The number of aryl methyl sites for hydroxylation is 1. The third kappa shape index (κ3) is 5.91. The Bertz CT molecular complexity index is 1440. The fourth-order valence-electron chi connectivity index (χ4n) is 5.77. The number of benzene rings is 1. The molecule has 1 saturated heterocycles. The smallest absolute Gasteiger partial charge is 0.276 e. The van der Waals surface area contributed by atoms with E-state index in [0.29, 0.717) is 53.9 Å². The van der Waals surface area contributed by atoms with Gasteiger partial charge in [0.2, 0.25) is 5.91 Å². The number of ether oxygens (including phenoxy) is 2. The Balaban J connectivity index is 1.23. The van der Waals surface area contributed by atoms with Crippen LogP contribution in [0.1, 0.15) is 59.8 Å². The van der Waals surface area contributed by atoms with E-state index in [1.807, 2.05) is 19.2 Å².